The Hall–Kier alpha value is -1.45. The van der Waals surface area contributed by atoms with Crippen LogP contribution >= 0.6 is 23.4 Å². The largest absolute Gasteiger partial charge is 0.478 e. The van der Waals surface area contributed by atoms with E-state index in [9.17, 15) is 9.90 Å². The van der Waals surface area contributed by atoms with Crippen LogP contribution < -0.4 is 0 Å². The molecule has 0 heterocycles. The van der Waals surface area contributed by atoms with Crippen LogP contribution in [-0.4, -0.2) is 16.8 Å². The summed E-state index contributed by atoms with van der Waals surface area (Å²) in [5.74, 6) is -0.454. The normalized spacial score (nSPS) is 15.1. The first-order chi connectivity index (χ1) is 9.66. The molecule has 0 aliphatic heterocycles. The van der Waals surface area contributed by atoms with Crippen molar-refractivity contribution in [2.75, 3.05) is 5.75 Å². The molecule has 1 aromatic carbocycles. The van der Waals surface area contributed by atoms with E-state index < -0.39 is 5.97 Å². The van der Waals surface area contributed by atoms with Crippen molar-refractivity contribution in [1.82, 2.24) is 0 Å². The van der Waals surface area contributed by atoms with Gasteiger partial charge < -0.3 is 5.11 Å². The lowest BCUT2D eigenvalue weighted by molar-refractivity contribution is -0.132. The number of thioether (sulfide) groups is 1. The fourth-order valence-electron chi connectivity index (χ4n) is 1.82. The van der Waals surface area contributed by atoms with Gasteiger partial charge in [-0.3, -0.25) is 0 Å². The van der Waals surface area contributed by atoms with Crippen molar-refractivity contribution in [2.45, 2.75) is 12.8 Å². The number of carboxylic acids is 1. The maximum Gasteiger partial charge on any atom is 0.332 e. The van der Waals surface area contributed by atoms with Crippen LogP contribution in [0.4, 0.5) is 0 Å². The molecule has 1 aliphatic carbocycles. The van der Waals surface area contributed by atoms with Crippen molar-refractivity contribution in [3.05, 3.63) is 63.6 Å². The molecule has 2 nitrogen and oxygen atoms in total. The van der Waals surface area contributed by atoms with E-state index in [0.717, 1.165) is 18.4 Å². The van der Waals surface area contributed by atoms with Gasteiger partial charge in [0, 0.05) is 16.3 Å². The molecule has 20 heavy (non-hydrogen) atoms. The third-order valence-corrected chi connectivity index (χ3v) is 4.41. The van der Waals surface area contributed by atoms with E-state index in [1.165, 1.54) is 4.91 Å². The lowest BCUT2D eigenvalue weighted by atomic mass is 10.1. The van der Waals surface area contributed by atoms with Crippen molar-refractivity contribution in [3.8, 4) is 0 Å². The predicted octanol–water partition coefficient (Wildman–Crippen LogP) is 4.78. The summed E-state index contributed by atoms with van der Waals surface area (Å²) in [7, 11) is 0. The van der Waals surface area contributed by atoms with Crippen LogP contribution in [-0.2, 0) is 4.79 Å². The SMILES string of the molecule is O=C(O)/C(=C/c1ccccc1Cl)CSC1=CC=CCC1. The Labute approximate surface area is 127 Å². The number of aliphatic carboxylic acids is 1. The molecule has 0 fully saturated rings. The highest BCUT2D eigenvalue weighted by atomic mass is 35.5. The lowest BCUT2D eigenvalue weighted by Crippen LogP contribution is -2.03. The first kappa shape index (κ1) is 14.9. The Morgan fingerprint density at radius 3 is 2.85 bits per heavy atom. The van der Waals surface area contributed by atoms with Gasteiger partial charge in [0.15, 0.2) is 0 Å². The molecule has 0 saturated heterocycles. The monoisotopic (exact) mass is 306 g/mol. The van der Waals surface area contributed by atoms with Crippen LogP contribution in [0.1, 0.15) is 18.4 Å². The zero-order chi connectivity index (χ0) is 14.4. The molecule has 0 amide bonds. The minimum atomic E-state index is -0.899. The van der Waals surface area contributed by atoms with Gasteiger partial charge in [-0.05, 0) is 35.5 Å². The van der Waals surface area contributed by atoms with Gasteiger partial charge in [-0.1, -0.05) is 48.0 Å². The molecule has 0 radical (unpaired) electrons. The standard InChI is InChI=1S/C16H15ClO2S/c17-15-9-5-4-6-12(15)10-13(16(18)19)11-20-14-7-2-1-3-8-14/h1-2,4-7,9-10H,3,8,11H2,(H,18,19)/b13-10+. The number of carboxylic acid groups (broad SMARTS) is 1. The quantitative estimate of drug-likeness (QED) is 0.796. The first-order valence-electron chi connectivity index (χ1n) is 6.33. The average Bonchev–Trinajstić information content (AvgIpc) is 2.46. The molecule has 1 N–H and O–H groups in total. The Kier molecular flexibility index (Phi) is 5.50. The van der Waals surface area contributed by atoms with E-state index in [4.69, 9.17) is 11.6 Å². The van der Waals surface area contributed by atoms with Crippen molar-refractivity contribution >= 4 is 35.4 Å². The molecule has 0 saturated carbocycles. The van der Waals surface area contributed by atoms with Crippen molar-refractivity contribution in [3.63, 3.8) is 0 Å². The van der Waals surface area contributed by atoms with Gasteiger partial charge in [0.2, 0.25) is 0 Å². The van der Waals surface area contributed by atoms with Crippen LogP contribution in [0.3, 0.4) is 0 Å². The van der Waals surface area contributed by atoms with Gasteiger partial charge in [-0.25, -0.2) is 4.79 Å². The van der Waals surface area contributed by atoms with Crippen LogP contribution in [0.5, 0.6) is 0 Å². The highest BCUT2D eigenvalue weighted by Gasteiger charge is 2.10. The average molecular weight is 307 g/mol. The molecule has 0 atom stereocenters. The van der Waals surface area contributed by atoms with E-state index in [1.807, 2.05) is 30.4 Å². The van der Waals surface area contributed by atoms with E-state index in [1.54, 1.807) is 23.9 Å². The lowest BCUT2D eigenvalue weighted by Gasteiger charge is -2.09. The molecule has 104 valence electrons. The van der Waals surface area contributed by atoms with Crippen molar-refractivity contribution in [1.29, 1.82) is 0 Å². The smallest absolute Gasteiger partial charge is 0.332 e. The molecule has 1 aliphatic rings. The van der Waals surface area contributed by atoms with Crippen LogP contribution in [0.25, 0.3) is 6.08 Å². The number of carbonyl (C=O) groups is 1. The maximum atomic E-state index is 11.3. The van der Waals surface area contributed by atoms with Gasteiger partial charge in [0.05, 0.1) is 0 Å². The number of benzene rings is 1. The summed E-state index contributed by atoms with van der Waals surface area (Å²) in [4.78, 5) is 12.6. The molecule has 4 heteroatoms. The number of allylic oxidation sites excluding steroid dienone is 4. The summed E-state index contributed by atoms with van der Waals surface area (Å²) in [5.41, 5.74) is 1.10. The molecule has 0 spiro atoms. The molecule has 2 rings (SSSR count). The van der Waals surface area contributed by atoms with Gasteiger partial charge in [0.1, 0.15) is 0 Å². The fraction of sp³-hybridized carbons (Fsp3) is 0.188. The zero-order valence-electron chi connectivity index (χ0n) is 10.9. The number of rotatable bonds is 5. The molecular formula is C16H15ClO2S. The second-order valence-corrected chi connectivity index (χ2v) is 5.89. The topological polar surface area (TPSA) is 37.3 Å². The Bertz CT molecular complexity index is 588. The van der Waals surface area contributed by atoms with Crippen LogP contribution in [0, 0.1) is 0 Å². The van der Waals surface area contributed by atoms with Crippen molar-refractivity contribution < 1.29 is 9.90 Å². The predicted molar refractivity (Wildman–Crippen MR) is 86.0 cm³/mol. The number of hydrogen-bond donors (Lipinski definition) is 1. The molecular weight excluding hydrogens is 292 g/mol. The van der Waals surface area contributed by atoms with E-state index in [2.05, 4.69) is 6.08 Å². The fourth-order valence-corrected chi connectivity index (χ4v) is 2.99. The Morgan fingerprint density at radius 1 is 1.40 bits per heavy atom. The Balaban J connectivity index is 2.11. The summed E-state index contributed by atoms with van der Waals surface area (Å²) in [6.45, 7) is 0. The van der Waals surface area contributed by atoms with Crippen LogP contribution in [0.2, 0.25) is 5.02 Å². The third kappa shape index (κ3) is 4.29. The molecule has 0 aromatic heterocycles. The molecule has 1 aromatic rings. The van der Waals surface area contributed by atoms with Crippen LogP contribution in [0.15, 0.2) is 53.0 Å². The summed E-state index contributed by atoms with van der Waals surface area (Å²) in [6.07, 6.45) is 9.83. The zero-order valence-corrected chi connectivity index (χ0v) is 12.5. The molecule has 0 unspecified atom stereocenters. The van der Waals surface area contributed by atoms with Crippen molar-refractivity contribution in [2.24, 2.45) is 0 Å². The summed E-state index contributed by atoms with van der Waals surface area (Å²) < 4.78 is 0. The highest BCUT2D eigenvalue weighted by Crippen LogP contribution is 2.27. The number of hydrogen-bond acceptors (Lipinski definition) is 2. The third-order valence-electron chi connectivity index (χ3n) is 2.90. The molecule has 0 bridgehead atoms. The van der Waals surface area contributed by atoms with Gasteiger partial charge in [-0.2, -0.15) is 0 Å². The summed E-state index contributed by atoms with van der Waals surface area (Å²) >= 11 is 7.63. The van der Waals surface area contributed by atoms with Gasteiger partial charge >= 0.3 is 5.97 Å². The maximum absolute atomic E-state index is 11.3. The minimum absolute atomic E-state index is 0.360. The van der Waals surface area contributed by atoms with E-state index in [-0.39, 0.29) is 0 Å². The second-order valence-electron chi connectivity index (χ2n) is 4.38. The summed E-state index contributed by atoms with van der Waals surface area (Å²) in [6, 6.07) is 7.25. The number of halogens is 1. The second kappa shape index (κ2) is 7.36. The minimum Gasteiger partial charge on any atom is -0.478 e. The summed E-state index contributed by atoms with van der Waals surface area (Å²) in [5, 5.41) is 9.86. The van der Waals surface area contributed by atoms with E-state index in [0.29, 0.717) is 16.3 Å². The van der Waals surface area contributed by atoms with E-state index >= 15 is 0 Å². The van der Waals surface area contributed by atoms with Gasteiger partial charge in [0.25, 0.3) is 0 Å². The van der Waals surface area contributed by atoms with Gasteiger partial charge in [-0.15, -0.1) is 11.8 Å². The first-order valence-corrected chi connectivity index (χ1v) is 7.70. The Morgan fingerprint density at radius 2 is 2.20 bits per heavy atom. The highest BCUT2D eigenvalue weighted by molar-refractivity contribution is 8.03.